The summed E-state index contributed by atoms with van der Waals surface area (Å²) in [7, 11) is 0. The van der Waals surface area contributed by atoms with E-state index in [-0.39, 0.29) is 11.5 Å². The van der Waals surface area contributed by atoms with Crippen molar-refractivity contribution in [2.75, 3.05) is 0 Å². The van der Waals surface area contributed by atoms with E-state index in [9.17, 15) is 4.79 Å². The summed E-state index contributed by atoms with van der Waals surface area (Å²) in [4.78, 5) is 12.6. The molecule has 1 aliphatic heterocycles. The molecule has 3 aromatic rings. The largest absolute Gasteiger partial charge is 0.489 e. The number of ether oxygens (including phenoxy) is 2. The van der Waals surface area contributed by atoms with Crippen molar-refractivity contribution in [1.82, 2.24) is 0 Å². The molecule has 0 amide bonds. The summed E-state index contributed by atoms with van der Waals surface area (Å²) in [6, 6.07) is 18.4. The van der Waals surface area contributed by atoms with Crippen molar-refractivity contribution in [3.05, 3.63) is 98.7 Å². The van der Waals surface area contributed by atoms with Crippen LogP contribution in [0.25, 0.3) is 6.08 Å². The third-order valence-electron chi connectivity index (χ3n) is 4.54. The van der Waals surface area contributed by atoms with Crippen molar-refractivity contribution in [3.8, 4) is 11.5 Å². The molecule has 0 saturated heterocycles. The van der Waals surface area contributed by atoms with Crippen LogP contribution in [0.4, 0.5) is 0 Å². The Morgan fingerprint density at radius 3 is 2.61 bits per heavy atom. The number of ketones is 1. The van der Waals surface area contributed by atoms with Crippen LogP contribution < -0.4 is 9.47 Å². The molecule has 4 rings (SSSR count). The van der Waals surface area contributed by atoms with E-state index in [4.69, 9.17) is 32.7 Å². The third kappa shape index (κ3) is 3.77. The zero-order valence-electron chi connectivity index (χ0n) is 15.0. The first kappa shape index (κ1) is 18.6. The number of carbonyl (C=O) groups excluding carboxylic acids is 1. The van der Waals surface area contributed by atoms with Crippen LogP contribution in [0.3, 0.4) is 0 Å². The minimum atomic E-state index is -0.175. The number of carbonyl (C=O) groups is 1. The van der Waals surface area contributed by atoms with Crippen LogP contribution in [0.5, 0.6) is 11.5 Å². The predicted octanol–water partition coefficient (Wildman–Crippen LogP) is 6.50. The molecular formula is C23H16Cl2O3. The van der Waals surface area contributed by atoms with E-state index in [0.717, 1.165) is 11.1 Å². The highest BCUT2D eigenvalue weighted by Gasteiger charge is 2.27. The van der Waals surface area contributed by atoms with Crippen LogP contribution in [0.15, 0.2) is 66.4 Å². The van der Waals surface area contributed by atoms with Crippen molar-refractivity contribution in [1.29, 1.82) is 0 Å². The summed E-state index contributed by atoms with van der Waals surface area (Å²) in [6.07, 6.45) is 1.65. The molecule has 3 nitrogen and oxygen atoms in total. The van der Waals surface area contributed by atoms with Crippen molar-refractivity contribution >= 4 is 35.1 Å². The maximum absolute atomic E-state index is 12.6. The SMILES string of the molecule is Cc1ccccc1COc1ccc2c(c1)OC(=Cc1ccc(Cl)c(Cl)c1)C2=O. The summed E-state index contributed by atoms with van der Waals surface area (Å²) >= 11 is 12.0. The first-order valence-electron chi connectivity index (χ1n) is 8.72. The van der Waals surface area contributed by atoms with Gasteiger partial charge in [0, 0.05) is 6.07 Å². The summed E-state index contributed by atoms with van der Waals surface area (Å²) in [5, 5.41) is 0.882. The average molecular weight is 411 g/mol. The lowest BCUT2D eigenvalue weighted by Crippen LogP contribution is -1.98. The van der Waals surface area contributed by atoms with E-state index in [1.165, 1.54) is 5.56 Å². The fourth-order valence-electron chi connectivity index (χ4n) is 2.94. The first-order chi connectivity index (χ1) is 13.5. The van der Waals surface area contributed by atoms with Gasteiger partial charge < -0.3 is 9.47 Å². The van der Waals surface area contributed by atoms with Crippen LogP contribution in [0, 0.1) is 6.92 Å². The van der Waals surface area contributed by atoms with Crippen LogP contribution in [0.2, 0.25) is 10.0 Å². The Balaban J connectivity index is 1.53. The van der Waals surface area contributed by atoms with Crippen molar-refractivity contribution < 1.29 is 14.3 Å². The van der Waals surface area contributed by atoms with Gasteiger partial charge >= 0.3 is 0 Å². The zero-order valence-corrected chi connectivity index (χ0v) is 16.6. The number of hydrogen-bond donors (Lipinski definition) is 0. The fraction of sp³-hybridized carbons (Fsp3) is 0.0870. The molecule has 0 unspecified atom stereocenters. The third-order valence-corrected chi connectivity index (χ3v) is 5.28. The maximum atomic E-state index is 12.6. The number of rotatable bonds is 4. The molecule has 0 aliphatic carbocycles. The van der Waals surface area contributed by atoms with Gasteiger partial charge in [-0.1, -0.05) is 53.5 Å². The van der Waals surface area contributed by atoms with Crippen LogP contribution >= 0.6 is 23.2 Å². The Hall–Kier alpha value is -2.75. The maximum Gasteiger partial charge on any atom is 0.231 e. The average Bonchev–Trinajstić information content (AvgIpc) is 2.99. The Labute approximate surface area is 173 Å². The lowest BCUT2D eigenvalue weighted by atomic mass is 10.1. The number of fused-ring (bicyclic) bond motifs is 1. The highest BCUT2D eigenvalue weighted by atomic mass is 35.5. The van der Waals surface area contributed by atoms with Gasteiger partial charge in [-0.25, -0.2) is 0 Å². The Morgan fingerprint density at radius 1 is 1.00 bits per heavy atom. The lowest BCUT2D eigenvalue weighted by molar-refractivity contribution is 0.101. The van der Waals surface area contributed by atoms with Gasteiger partial charge in [0.15, 0.2) is 5.76 Å². The van der Waals surface area contributed by atoms with E-state index in [0.29, 0.717) is 33.7 Å². The second-order valence-corrected chi connectivity index (χ2v) is 7.30. The van der Waals surface area contributed by atoms with Gasteiger partial charge in [0.25, 0.3) is 0 Å². The summed E-state index contributed by atoms with van der Waals surface area (Å²) in [5.41, 5.74) is 3.53. The summed E-state index contributed by atoms with van der Waals surface area (Å²) < 4.78 is 11.6. The van der Waals surface area contributed by atoms with Crippen molar-refractivity contribution in [3.63, 3.8) is 0 Å². The molecule has 0 aromatic heterocycles. The molecule has 0 spiro atoms. The van der Waals surface area contributed by atoms with Gasteiger partial charge in [-0.05, 0) is 54.0 Å². The number of Topliss-reactive ketones (excluding diaryl/α,β-unsaturated/α-hetero) is 1. The number of halogens is 2. The van der Waals surface area contributed by atoms with Gasteiger partial charge in [-0.15, -0.1) is 0 Å². The number of aryl methyl sites for hydroxylation is 1. The van der Waals surface area contributed by atoms with E-state index in [2.05, 4.69) is 0 Å². The molecule has 0 atom stereocenters. The Morgan fingerprint density at radius 2 is 1.82 bits per heavy atom. The van der Waals surface area contributed by atoms with Crippen LogP contribution in [-0.4, -0.2) is 5.78 Å². The molecule has 3 aromatic carbocycles. The van der Waals surface area contributed by atoms with E-state index >= 15 is 0 Å². The molecule has 0 saturated carbocycles. The van der Waals surface area contributed by atoms with E-state index in [1.54, 1.807) is 42.5 Å². The van der Waals surface area contributed by atoms with Gasteiger partial charge in [-0.3, -0.25) is 4.79 Å². The van der Waals surface area contributed by atoms with E-state index in [1.807, 2.05) is 31.2 Å². The molecule has 1 aliphatic rings. The number of benzene rings is 3. The molecule has 0 radical (unpaired) electrons. The Kier molecular flexibility index (Phi) is 5.12. The normalized spacial score (nSPS) is 14.1. The molecule has 5 heteroatoms. The second kappa shape index (κ2) is 7.70. The lowest BCUT2D eigenvalue weighted by Gasteiger charge is -2.09. The molecular weight excluding hydrogens is 395 g/mol. The molecule has 0 N–H and O–H groups in total. The predicted molar refractivity (Wildman–Crippen MR) is 111 cm³/mol. The minimum Gasteiger partial charge on any atom is -0.489 e. The standard InChI is InChI=1S/C23H16Cl2O3/c1-14-4-2-3-5-16(14)13-27-17-7-8-18-21(12-17)28-22(23(18)26)11-15-6-9-19(24)20(25)10-15/h2-12H,13H2,1H3. The smallest absolute Gasteiger partial charge is 0.231 e. The van der Waals surface area contributed by atoms with E-state index < -0.39 is 0 Å². The molecule has 140 valence electrons. The molecule has 1 heterocycles. The topological polar surface area (TPSA) is 35.5 Å². The monoisotopic (exact) mass is 410 g/mol. The fourth-order valence-corrected chi connectivity index (χ4v) is 3.25. The molecule has 0 bridgehead atoms. The summed E-state index contributed by atoms with van der Waals surface area (Å²) in [6.45, 7) is 2.49. The highest BCUT2D eigenvalue weighted by molar-refractivity contribution is 6.42. The van der Waals surface area contributed by atoms with Crippen molar-refractivity contribution in [2.24, 2.45) is 0 Å². The number of hydrogen-bond acceptors (Lipinski definition) is 3. The van der Waals surface area contributed by atoms with Gasteiger partial charge in [-0.2, -0.15) is 0 Å². The molecule has 0 fully saturated rings. The quantitative estimate of drug-likeness (QED) is 0.460. The highest BCUT2D eigenvalue weighted by Crippen LogP contribution is 2.35. The first-order valence-corrected chi connectivity index (χ1v) is 9.47. The Bertz CT molecular complexity index is 1100. The molecule has 28 heavy (non-hydrogen) atoms. The minimum absolute atomic E-state index is 0.175. The van der Waals surface area contributed by atoms with Crippen LogP contribution in [0.1, 0.15) is 27.0 Å². The summed E-state index contributed by atoms with van der Waals surface area (Å²) in [5.74, 6) is 1.19. The van der Waals surface area contributed by atoms with Gasteiger partial charge in [0.1, 0.15) is 18.1 Å². The van der Waals surface area contributed by atoms with Gasteiger partial charge in [0.2, 0.25) is 5.78 Å². The van der Waals surface area contributed by atoms with Crippen molar-refractivity contribution in [2.45, 2.75) is 13.5 Å². The van der Waals surface area contributed by atoms with Gasteiger partial charge in [0.05, 0.1) is 15.6 Å². The second-order valence-electron chi connectivity index (χ2n) is 6.49. The number of allylic oxidation sites excluding steroid dienone is 1. The zero-order chi connectivity index (χ0) is 19.7. The van der Waals surface area contributed by atoms with Crippen LogP contribution in [-0.2, 0) is 6.61 Å².